The molecule has 1 aromatic carbocycles. The normalized spacial score (nSPS) is 11.3. The van der Waals surface area contributed by atoms with Crippen molar-refractivity contribution in [1.29, 1.82) is 0 Å². The molecule has 1 aromatic heterocycles. The quantitative estimate of drug-likeness (QED) is 0.914. The number of benzene rings is 1. The third-order valence-electron chi connectivity index (χ3n) is 2.43. The lowest BCUT2D eigenvalue weighted by atomic mass is 10.1. The van der Waals surface area contributed by atoms with Crippen LogP contribution in [-0.2, 0) is 6.54 Å². The summed E-state index contributed by atoms with van der Waals surface area (Å²) < 4.78 is 5.65. The predicted molar refractivity (Wildman–Crippen MR) is 75.1 cm³/mol. The molecule has 0 aliphatic carbocycles. The largest absolute Gasteiger partial charge is 0.437 e. The summed E-state index contributed by atoms with van der Waals surface area (Å²) in [6.07, 6.45) is 3.37. The van der Waals surface area contributed by atoms with Crippen LogP contribution in [-0.4, -0.2) is 15.5 Å². The summed E-state index contributed by atoms with van der Waals surface area (Å²) in [6.45, 7) is 7.02. The molecule has 2 rings (SSSR count). The lowest BCUT2D eigenvalue weighted by Gasteiger charge is -2.20. The minimum atomic E-state index is 0.0535. The van der Waals surface area contributed by atoms with Crippen molar-refractivity contribution in [2.45, 2.75) is 32.9 Å². The molecule has 0 saturated carbocycles. The van der Waals surface area contributed by atoms with Crippen molar-refractivity contribution < 1.29 is 4.74 Å². The molecule has 0 amide bonds. The predicted octanol–water partition coefficient (Wildman–Crippen LogP) is 3.16. The maximum atomic E-state index is 5.65. The number of nitrogens with zero attached hydrogens (tertiary/aromatic N) is 2. The summed E-state index contributed by atoms with van der Waals surface area (Å²) >= 11 is 0. The van der Waals surface area contributed by atoms with Crippen LogP contribution in [0.15, 0.2) is 42.7 Å². The van der Waals surface area contributed by atoms with Gasteiger partial charge in [0.25, 0.3) is 0 Å². The van der Waals surface area contributed by atoms with E-state index < -0.39 is 0 Å². The van der Waals surface area contributed by atoms with Crippen LogP contribution in [0.4, 0.5) is 0 Å². The van der Waals surface area contributed by atoms with Crippen molar-refractivity contribution in [3.63, 3.8) is 0 Å². The third kappa shape index (κ3) is 4.67. The summed E-state index contributed by atoms with van der Waals surface area (Å²) in [6, 6.07) is 9.58. The molecule has 19 heavy (non-hydrogen) atoms. The molecule has 4 heteroatoms. The van der Waals surface area contributed by atoms with Crippen LogP contribution in [0.1, 0.15) is 26.5 Å². The van der Waals surface area contributed by atoms with Gasteiger partial charge in [-0.3, -0.25) is 4.98 Å². The number of ether oxygens (including phenoxy) is 1. The molecule has 0 bridgehead atoms. The molecule has 0 spiro atoms. The molecular formula is C15H19N3O. The molecule has 2 aromatic rings. The molecule has 0 radical (unpaired) electrons. The van der Waals surface area contributed by atoms with E-state index in [1.165, 1.54) is 0 Å². The first-order chi connectivity index (χ1) is 9.03. The summed E-state index contributed by atoms with van der Waals surface area (Å²) in [7, 11) is 0. The Balaban J connectivity index is 2.03. The van der Waals surface area contributed by atoms with Crippen LogP contribution < -0.4 is 10.1 Å². The van der Waals surface area contributed by atoms with E-state index in [9.17, 15) is 0 Å². The Morgan fingerprint density at radius 2 is 1.84 bits per heavy atom. The second-order valence-corrected chi connectivity index (χ2v) is 5.37. The molecule has 0 fully saturated rings. The molecule has 0 atom stereocenters. The van der Waals surface area contributed by atoms with Crippen LogP contribution in [0.2, 0.25) is 0 Å². The van der Waals surface area contributed by atoms with Gasteiger partial charge in [0.2, 0.25) is 5.88 Å². The van der Waals surface area contributed by atoms with Crippen molar-refractivity contribution in [2.75, 3.05) is 0 Å². The van der Waals surface area contributed by atoms with Crippen molar-refractivity contribution >= 4 is 0 Å². The van der Waals surface area contributed by atoms with Crippen LogP contribution in [0, 0.1) is 0 Å². The Morgan fingerprint density at radius 3 is 2.53 bits per heavy atom. The van der Waals surface area contributed by atoms with Crippen LogP contribution >= 0.6 is 0 Å². The third-order valence-corrected chi connectivity index (χ3v) is 2.43. The highest BCUT2D eigenvalue weighted by Gasteiger charge is 2.09. The van der Waals surface area contributed by atoms with E-state index in [0.29, 0.717) is 12.4 Å². The van der Waals surface area contributed by atoms with E-state index in [2.05, 4.69) is 36.1 Å². The van der Waals surface area contributed by atoms with E-state index >= 15 is 0 Å². The van der Waals surface area contributed by atoms with Gasteiger partial charge in [-0.25, -0.2) is 4.98 Å². The molecule has 4 nitrogen and oxygen atoms in total. The van der Waals surface area contributed by atoms with Gasteiger partial charge in [-0.15, -0.1) is 0 Å². The SMILES string of the molecule is CC(C)(C)NCc1cncc(Oc2ccccc2)n1. The van der Waals surface area contributed by atoms with Crippen molar-refractivity contribution in [2.24, 2.45) is 0 Å². The second kappa shape index (κ2) is 5.80. The molecular weight excluding hydrogens is 238 g/mol. The summed E-state index contributed by atoms with van der Waals surface area (Å²) in [5.74, 6) is 1.28. The molecule has 100 valence electrons. The van der Waals surface area contributed by atoms with Crippen LogP contribution in [0.3, 0.4) is 0 Å². The number of para-hydroxylation sites is 1. The monoisotopic (exact) mass is 257 g/mol. The highest BCUT2D eigenvalue weighted by Crippen LogP contribution is 2.17. The highest BCUT2D eigenvalue weighted by molar-refractivity contribution is 5.25. The zero-order valence-corrected chi connectivity index (χ0v) is 11.6. The Labute approximate surface area is 113 Å². The number of rotatable bonds is 4. The van der Waals surface area contributed by atoms with E-state index in [4.69, 9.17) is 4.74 Å². The lowest BCUT2D eigenvalue weighted by molar-refractivity contribution is 0.414. The van der Waals surface area contributed by atoms with E-state index in [1.807, 2.05) is 30.3 Å². The topological polar surface area (TPSA) is 47.0 Å². The van der Waals surface area contributed by atoms with Gasteiger partial charge in [0.05, 0.1) is 11.9 Å². The number of aromatic nitrogens is 2. The van der Waals surface area contributed by atoms with E-state index in [-0.39, 0.29) is 5.54 Å². The Hall–Kier alpha value is -1.94. The molecule has 0 saturated heterocycles. The number of hydrogen-bond donors (Lipinski definition) is 1. The van der Waals surface area contributed by atoms with Gasteiger partial charge in [0, 0.05) is 18.3 Å². The van der Waals surface area contributed by atoms with Crippen LogP contribution in [0.5, 0.6) is 11.6 Å². The molecule has 0 unspecified atom stereocenters. The Kier molecular flexibility index (Phi) is 4.12. The summed E-state index contributed by atoms with van der Waals surface area (Å²) in [4.78, 5) is 8.58. The first-order valence-electron chi connectivity index (χ1n) is 6.32. The smallest absolute Gasteiger partial charge is 0.238 e. The average molecular weight is 257 g/mol. The maximum absolute atomic E-state index is 5.65. The Morgan fingerprint density at radius 1 is 1.11 bits per heavy atom. The summed E-state index contributed by atoms with van der Waals surface area (Å²) in [5.41, 5.74) is 0.918. The molecule has 0 aliphatic heterocycles. The molecule has 1 N–H and O–H groups in total. The van der Waals surface area contributed by atoms with Gasteiger partial charge < -0.3 is 10.1 Å². The first-order valence-corrected chi connectivity index (χ1v) is 6.32. The molecule has 0 aliphatic rings. The van der Waals surface area contributed by atoms with E-state index in [1.54, 1.807) is 12.4 Å². The van der Waals surface area contributed by atoms with Crippen molar-refractivity contribution in [3.8, 4) is 11.6 Å². The summed E-state index contributed by atoms with van der Waals surface area (Å²) in [5, 5.41) is 3.37. The van der Waals surface area contributed by atoms with Gasteiger partial charge in [0.1, 0.15) is 5.75 Å². The van der Waals surface area contributed by atoms with Gasteiger partial charge in [-0.1, -0.05) is 18.2 Å². The highest BCUT2D eigenvalue weighted by atomic mass is 16.5. The molecule has 1 heterocycles. The Bertz CT molecular complexity index is 520. The fourth-order valence-corrected chi connectivity index (χ4v) is 1.49. The van der Waals surface area contributed by atoms with E-state index in [0.717, 1.165) is 11.4 Å². The van der Waals surface area contributed by atoms with Crippen molar-refractivity contribution in [1.82, 2.24) is 15.3 Å². The van der Waals surface area contributed by atoms with Gasteiger partial charge >= 0.3 is 0 Å². The maximum Gasteiger partial charge on any atom is 0.238 e. The lowest BCUT2D eigenvalue weighted by Crippen LogP contribution is -2.35. The van der Waals surface area contributed by atoms with Gasteiger partial charge in [0.15, 0.2) is 0 Å². The zero-order chi connectivity index (χ0) is 13.7. The zero-order valence-electron chi connectivity index (χ0n) is 11.6. The van der Waals surface area contributed by atoms with Gasteiger partial charge in [-0.05, 0) is 32.9 Å². The second-order valence-electron chi connectivity index (χ2n) is 5.37. The van der Waals surface area contributed by atoms with Crippen molar-refractivity contribution in [3.05, 3.63) is 48.4 Å². The fraction of sp³-hybridized carbons (Fsp3) is 0.333. The first kappa shape index (κ1) is 13.5. The van der Waals surface area contributed by atoms with Gasteiger partial charge in [-0.2, -0.15) is 0 Å². The number of nitrogens with one attached hydrogen (secondary N) is 1. The minimum absolute atomic E-state index is 0.0535. The average Bonchev–Trinajstić information content (AvgIpc) is 2.37. The standard InChI is InChI=1S/C15H19N3O/c1-15(2,3)17-10-12-9-16-11-14(18-12)19-13-7-5-4-6-8-13/h4-9,11,17H,10H2,1-3H3. The minimum Gasteiger partial charge on any atom is -0.437 e. The van der Waals surface area contributed by atoms with Crippen LogP contribution in [0.25, 0.3) is 0 Å². The fourth-order valence-electron chi connectivity index (χ4n) is 1.49. The number of hydrogen-bond acceptors (Lipinski definition) is 4.